The quantitative estimate of drug-likeness (QED) is 0.380. The lowest BCUT2D eigenvalue weighted by atomic mass is 9.84. The van der Waals surface area contributed by atoms with Crippen molar-refractivity contribution in [1.82, 2.24) is 19.9 Å². The van der Waals surface area contributed by atoms with Gasteiger partial charge in [-0.2, -0.15) is 0 Å². The lowest BCUT2D eigenvalue weighted by molar-refractivity contribution is -0.146. The highest BCUT2D eigenvalue weighted by Crippen LogP contribution is 2.33. The van der Waals surface area contributed by atoms with Crippen molar-refractivity contribution in [2.75, 3.05) is 30.4 Å². The molecule has 0 bridgehead atoms. The van der Waals surface area contributed by atoms with Crippen molar-refractivity contribution in [3.63, 3.8) is 0 Å². The molecule has 3 amide bonds. The summed E-state index contributed by atoms with van der Waals surface area (Å²) < 4.78 is 11.1. The maximum atomic E-state index is 13.3. The molecule has 11 heteroatoms. The van der Waals surface area contributed by atoms with E-state index in [9.17, 15) is 14.4 Å². The van der Waals surface area contributed by atoms with E-state index in [1.54, 1.807) is 30.6 Å². The van der Waals surface area contributed by atoms with Crippen LogP contribution in [0.1, 0.15) is 36.2 Å². The first-order chi connectivity index (χ1) is 18.1. The van der Waals surface area contributed by atoms with Gasteiger partial charge in [0.25, 0.3) is 5.91 Å². The minimum Gasteiger partial charge on any atom is -0.447 e. The van der Waals surface area contributed by atoms with Crippen LogP contribution in [0.3, 0.4) is 0 Å². The number of rotatable bonds is 5. The van der Waals surface area contributed by atoms with Crippen molar-refractivity contribution in [2.45, 2.75) is 31.7 Å². The Labute approximate surface area is 211 Å². The number of amides is 3. The summed E-state index contributed by atoms with van der Waals surface area (Å²) in [5.74, 6) is -0.657. The van der Waals surface area contributed by atoms with Gasteiger partial charge < -0.3 is 29.7 Å². The summed E-state index contributed by atoms with van der Waals surface area (Å²) >= 11 is 0. The van der Waals surface area contributed by atoms with Gasteiger partial charge in [-0.25, -0.2) is 4.98 Å². The molecule has 1 aliphatic carbocycles. The van der Waals surface area contributed by atoms with Gasteiger partial charge in [0.15, 0.2) is 5.58 Å². The zero-order valence-corrected chi connectivity index (χ0v) is 20.0. The number of furan rings is 1. The predicted octanol–water partition coefficient (Wildman–Crippen LogP) is 3.31. The Morgan fingerprint density at radius 2 is 1.95 bits per heavy atom. The van der Waals surface area contributed by atoms with Crippen molar-refractivity contribution in [2.24, 2.45) is 5.92 Å². The van der Waals surface area contributed by atoms with E-state index < -0.39 is 5.91 Å². The zero-order valence-electron chi connectivity index (χ0n) is 20.0. The molecule has 0 spiro atoms. The Kier molecular flexibility index (Phi) is 6.05. The van der Waals surface area contributed by atoms with Crippen LogP contribution in [0.15, 0.2) is 47.1 Å². The Morgan fingerprint density at radius 1 is 1.08 bits per heavy atom. The highest BCUT2D eigenvalue weighted by Gasteiger charge is 2.34. The molecule has 3 N–H and O–H groups in total. The largest absolute Gasteiger partial charge is 0.447 e. The second kappa shape index (κ2) is 9.66. The van der Waals surface area contributed by atoms with Gasteiger partial charge in [-0.15, -0.1) is 0 Å². The van der Waals surface area contributed by atoms with Crippen LogP contribution in [0.2, 0.25) is 0 Å². The third kappa shape index (κ3) is 4.53. The minimum atomic E-state index is -0.541. The number of fused-ring (bicyclic) bond motifs is 2. The second-order valence-corrected chi connectivity index (χ2v) is 9.36. The number of nitrogens with one attached hydrogen (secondary N) is 3. The highest BCUT2D eigenvalue weighted by molar-refractivity contribution is 6.13. The molecule has 0 unspecified atom stereocenters. The fourth-order valence-electron chi connectivity index (χ4n) is 5.17. The van der Waals surface area contributed by atoms with Gasteiger partial charge in [-0.3, -0.25) is 19.4 Å². The number of carbonyl (C=O) groups excluding carboxylic acids is 3. The number of pyridine rings is 2. The molecule has 0 radical (unpaired) electrons. The number of morpholine rings is 1. The molecule has 0 aromatic carbocycles. The van der Waals surface area contributed by atoms with E-state index in [4.69, 9.17) is 9.15 Å². The van der Waals surface area contributed by atoms with Crippen molar-refractivity contribution < 1.29 is 23.5 Å². The number of aromatic amines is 1. The standard InChI is InChI=1S/C26H26N6O5/c33-20-14-36-13-12-32(20)17-6-3-16(4-7-17)25(34)31-22-21-18(2-1-10-27-21)37-23(22)26(35)30-19-8-5-15-9-11-28-24(15)29-19/h1-2,5,8-11,16-17H,3-4,6-7,12-14H2,(H,31,34)(H2,28,29,30,35). The summed E-state index contributed by atoms with van der Waals surface area (Å²) in [7, 11) is 0. The van der Waals surface area contributed by atoms with Crippen molar-refractivity contribution in [3.05, 3.63) is 48.5 Å². The van der Waals surface area contributed by atoms with Crippen molar-refractivity contribution >= 4 is 51.4 Å². The molecule has 4 aromatic heterocycles. The molecule has 11 nitrogen and oxygen atoms in total. The monoisotopic (exact) mass is 502 g/mol. The molecule has 2 fully saturated rings. The fourth-order valence-corrected chi connectivity index (χ4v) is 5.17. The molecule has 1 saturated carbocycles. The van der Waals surface area contributed by atoms with Crippen LogP contribution >= 0.6 is 0 Å². The van der Waals surface area contributed by atoms with Crippen molar-refractivity contribution in [3.8, 4) is 0 Å². The molecular weight excluding hydrogens is 476 g/mol. The number of carbonyl (C=O) groups is 3. The lowest BCUT2D eigenvalue weighted by Crippen LogP contribution is -2.49. The Bertz CT molecular complexity index is 1490. The average molecular weight is 503 g/mol. The van der Waals surface area contributed by atoms with Gasteiger partial charge in [-0.05, 0) is 56.0 Å². The first-order valence-electron chi connectivity index (χ1n) is 12.4. The maximum Gasteiger partial charge on any atom is 0.294 e. The van der Waals surface area contributed by atoms with E-state index in [2.05, 4.69) is 25.6 Å². The maximum absolute atomic E-state index is 13.3. The van der Waals surface area contributed by atoms with Gasteiger partial charge >= 0.3 is 0 Å². The summed E-state index contributed by atoms with van der Waals surface area (Å²) in [5.41, 5.74) is 1.68. The number of H-pyrrole nitrogens is 1. The Morgan fingerprint density at radius 3 is 2.78 bits per heavy atom. The molecular formula is C26H26N6O5. The molecule has 5 heterocycles. The second-order valence-electron chi connectivity index (χ2n) is 9.36. The van der Waals surface area contributed by atoms with E-state index in [-0.39, 0.29) is 41.8 Å². The van der Waals surface area contributed by atoms with E-state index in [0.717, 1.165) is 18.2 Å². The number of hydrogen-bond acceptors (Lipinski definition) is 7. The Balaban J connectivity index is 1.18. The number of nitrogens with zero attached hydrogens (tertiary/aromatic N) is 3. The molecule has 2 aliphatic rings. The molecule has 4 aromatic rings. The molecule has 0 atom stereocenters. The van der Waals surface area contributed by atoms with Gasteiger partial charge in [-0.1, -0.05) is 0 Å². The molecule has 1 saturated heterocycles. The Hall–Kier alpha value is -4.25. The number of hydrogen-bond donors (Lipinski definition) is 3. The summed E-state index contributed by atoms with van der Waals surface area (Å²) in [6.07, 6.45) is 6.13. The van der Waals surface area contributed by atoms with Crippen LogP contribution in [-0.4, -0.2) is 63.4 Å². The van der Waals surface area contributed by atoms with E-state index in [1.165, 1.54) is 0 Å². The van der Waals surface area contributed by atoms with Gasteiger partial charge in [0.1, 0.15) is 29.3 Å². The third-order valence-corrected chi connectivity index (χ3v) is 7.08. The number of aromatic nitrogens is 3. The lowest BCUT2D eigenvalue weighted by Gasteiger charge is -2.38. The zero-order chi connectivity index (χ0) is 25.4. The number of ether oxygens (including phenoxy) is 1. The average Bonchev–Trinajstić information content (AvgIpc) is 3.54. The van der Waals surface area contributed by atoms with Crippen LogP contribution in [-0.2, 0) is 14.3 Å². The normalized spacial score (nSPS) is 20.3. The minimum absolute atomic E-state index is 0.00986. The van der Waals surface area contributed by atoms with E-state index in [1.807, 2.05) is 17.0 Å². The van der Waals surface area contributed by atoms with Crippen LogP contribution in [0.5, 0.6) is 0 Å². The van der Waals surface area contributed by atoms with Gasteiger partial charge in [0.05, 0.1) is 6.61 Å². The van der Waals surface area contributed by atoms with E-state index in [0.29, 0.717) is 48.6 Å². The van der Waals surface area contributed by atoms with Crippen LogP contribution in [0.25, 0.3) is 22.1 Å². The molecule has 190 valence electrons. The van der Waals surface area contributed by atoms with Crippen LogP contribution < -0.4 is 10.6 Å². The topological polar surface area (TPSA) is 142 Å². The smallest absolute Gasteiger partial charge is 0.294 e. The van der Waals surface area contributed by atoms with Crippen molar-refractivity contribution in [1.29, 1.82) is 0 Å². The summed E-state index contributed by atoms with van der Waals surface area (Å²) in [6.45, 7) is 1.27. The first kappa shape index (κ1) is 23.2. The van der Waals surface area contributed by atoms with Crippen LogP contribution in [0, 0.1) is 5.92 Å². The summed E-state index contributed by atoms with van der Waals surface area (Å²) in [6, 6.07) is 8.96. The SMILES string of the molecule is O=C(Nc1ccc2cc[nH]c2n1)c1oc2cccnc2c1NC(=O)C1CCC(N2CCOCC2=O)CC1. The first-order valence-corrected chi connectivity index (χ1v) is 12.4. The third-order valence-electron chi connectivity index (χ3n) is 7.08. The number of anilines is 2. The van der Waals surface area contributed by atoms with Gasteiger partial charge in [0.2, 0.25) is 17.6 Å². The van der Waals surface area contributed by atoms with Gasteiger partial charge in [0, 0.05) is 36.3 Å². The molecule has 1 aliphatic heterocycles. The fraction of sp³-hybridized carbons (Fsp3) is 0.346. The molecule has 37 heavy (non-hydrogen) atoms. The van der Waals surface area contributed by atoms with E-state index >= 15 is 0 Å². The van der Waals surface area contributed by atoms with Crippen LogP contribution in [0.4, 0.5) is 11.5 Å². The predicted molar refractivity (Wildman–Crippen MR) is 135 cm³/mol. The highest BCUT2D eigenvalue weighted by atomic mass is 16.5. The summed E-state index contributed by atoms with van der Waals surface area (Å²) in [5, 5.41) is 6.59. The molecule has 6 rings (SSSR count). The summed E-state index contributed by atoms with van der Waals surface area (Å²) in [4.78, 5) is 52.3.